The van der Waals surface area contributed by atoms with Gasteiger partial charge in [-0.2, -0.15) is 0 Å². The summed E-state index contributed by atoms with van der Waals surface area (Å²) in [5.41, 5.74) is 7.19. The molecule has 0 atom stereocenters. The molecule has 4 heterocycles. The third-order valence-electron chi connectivity index (χ3n) is 8.99. The van der Waals surface area contributed by atoms with Crippen LogP contribution in [0.5, 0.6) is 28.7 Å². The molecule has 6 bridgehead atoms. The molecule has 0 aromatic heterocycles. The van der Waals surface area contributed by atoms with Gasteiger partial charge in [0.2, 0.25) is 0 Å². The van der Waals surface area contributed by atoms with Gasteiger partial charge in [-0.3, -0.25) is 0 Å². The number of rotatable bonds is 15. The van der Waals surface area contributed by atoms with Crippen molar-refractivity contribution in [2.24, 2.45) is 0 Å². The largest absolute Gasteiger partial charge is 0.493 e. The molecule has 0 amide bonds. The molecule has 0 radical (unpaired) electrons. The Hall–Kier alpha value is -4.04. The summed E-state index contributed by atoms with van der Waals surface area (Å²) in [6, 6.07) is 28.1. The number of benzene rings is 4. The normalized spacial score (nSPS) is 12.9. The zero-order chi connectivity index (χ0) is 35.3. The van der Waals surface area contributed by atoms with Crippen molar-refractivity contribution in [2.45, 2.75) is 44.9 Å². The smallest absolute Gasteiger partial charge is 0.169 e. The number of aryl methyl sites for hydroxylation is 4. The van der Waals surface area contributed by atoms with Gasteiger partial charge in [-0.15, -0.1) is 0 Å². The first-order chi connectivity index (χ1) is 24.2. The fourth-order valence-electron chi connectivity index (χ4n) is 6.27. The van der Waals surface area contributed by atoms with Crippen molar-refractivity contribution in [1.82, 2.24) is 14.7 Å². The third kappa shape index (κ3) is 11.2. The number of hydrogen-bond donors (Lipinski definition) is 0. The fourth-order valence-corrected chi connectivity index (χ4v) is 6.27. The van der Waals surface area contributed by atoms with Crippen molar-refractivity contribution in [3.8, 4) is 39.9 Å². The molecule has 4 aromatic rings. The van der Waals surface area contributed by atoms with E-state index >= 15 is 0 Å². The highest BCUT2D eigenvalue weighted by molar-refractivity contribution is 5.79. The fraction of sp³-hybridized carbons (Fsp3) is 0.442. The van der Waals surface area contributed by atoms with E-state index in [1.165, 1.54) is 22.3 Å². The van der Waals surface area contributed by atoms with Crippen LogP contribution < -0.4 is 18.9 Å². The number of ether oxygens (including phenoxy) is 4. The average molecular weight is 680 g/mol. The van der Waals surface area contributed by atoms with Gasteiger partial charge in [0.1, 0.15) is 17.2 Å². The van der Waals surface area contributed by atoms with Crippen molar-refractivity contribution in [3.63, 3.8) is 0 Å². The van der Waals surface area contributed by atoms with Gasteiger partial charge >= 0.3 is 0 Å². The number of hydrogen-bond acceptors (Lipinski definition) is 7. The first-order valence-electron chi connectivity index (χ1n) is 18.2. The van der Waals surface area contributed by atoms with Gasteiger partial charge in [0.15, 0.2) is 11.5 Å². The van der Waals surface area contributed by atoms with Gasteiger partial charge in [-0.1, -0.05) is 42.5 Å². The third-order valence-corrected chi connectivity index (χ3v) is 8.99. The van der Waals surface area contributed by atoms with Crippen LogP contribution in [0.2, 0.25) is 0 Å². The summed E-state index contributed by atoms with van der Waals surface area (Å²) in [5.74, 6) is 4.18. The van der Waals surface area contributed by atoms with Gasteiger partial charge in [-0.25, -0.2) is 0 Å². The maximum atomic E-state index is 6.64. The molecular weight excluding hydrogens is 622 g/mol. The molecule has 8 rings (SSSR count). The molecular formula is C43H57N3O4. The average Bonchev–Trinajstić information content (AvgIpc) is 3.09. The predicted octanol–water partition coefficient (Wildman–Crippen LogP) is 8.02. The van der Waals surface area contributed by atoms with Gasteiger partial charge in [-0.05, 0) is 146 Å². The Kier molecular flexibility index (Phi) is 14.0. The SMILES string of the molecule is CN(C)CCCOc1ccc2cc1Oc1ccc(cc1)CCc1cccc(OCCCN(C)C)c1-c1ccc(cc1OCCCN(C)C)CC2. The van der Waals surface area contributed by atoms with E-state index in [0.29, 0.717) is 19.8 Å². The summed E-state index contributed by atoms with van der Waals surface area (Å²) in [4.78, 5) is 6.58. The molecule has 268 valence electrons. The highest BCUT2D eigenvalue weighted by Gasteiger charge is 2.19. The highest BCUT2D eigenvalue weighted by atomic mass is 16.5. The first kappa shape index (κ1) is 37.2. The summed E-state index contributed by atoms with van der Waals surface area (Å²) in [6.07, 6.45) is 6.38. The summed E-state index contributed by atoms with van der Waals surface area (Å²) in [7, 11) is 12.6. The molecule has 4 aromatic carbocycles. The van der Waals surface area contributed by atoms with Gasteiger partial charge in [0.25, 0.3) is 0 Å². The maximum Gasteiger partial charge on any atom is 0.169 e. The molecule has 0 N–H and O–H groups in total. The monoisotopic (exact) mass is 679 g/mol. The molecule has 0 fully saturated rings. The lowest BCUT2D eigenvalue weighted by molar-refractivity contribution is 0.272. The second-order valence-electron chi connectivity index (χ2n) is 14.2. The Balaban J connectivity index is 1.50. The summed E-state index contributed by atoms with van der Waals surface area (Å²) < 4.78 is 25.9. The second kappa shape index (κ2) is 18.8. The first-order valence-corrected chi connectivity index (χ1v) is 18.2. The van der Waals surface area contributed by atoms with Crippen LogP contribution in [0.4, 0.5) is 0 Å². The molecule has 50 heavy (non-hydrogen) atoms. The van der Waals surface area contributed by atoms with Crippen LogP contribution in [-0.4, -0.2) is 96.4 Å². The number of nitrogens with zero attached hydrogens (tertiary/aromatic N) is 3. The Morgan fingerprint density at radius 2 is 1.06 bits per heavy atom. The van der Waals surface area contributed by atoms with Crippen molar-refractivity contribution < 1.29 is 18.9 Å². The van der Waals surface area contributed by atoms with Crippen molar-refractivity contribution in [1.29, 1.82) is 0 Å². The molecule has 0 spiro atoms. The van der Waals surface area contributed by atoms with Crippen LogP contribution in [0.15, 0.2) is 78.9 Å². The van der Waals surface area contributed by atoms with E-state index in [-0.39, 0.29) is 0 Å². The molecule has 0 unspecified atom stereocenters. The lowest BCUT2D eigenvalue weighted by Crippen LogP contribution is -2.16. The summed E-state index contributed by atoms with van der Waals surface area (Å²) in [5, 5.41) is 0. The zero-order valence-corrected chi connectivity index (χ0v) is 31.2. The lowest BCUT2D eigenvalue weighted by atomic mass is 9.92. The predicted molar refractivity (Wildman–Crippen MR) is 206 cm³/mol. The second-order valence-corrected chi connectivity index (χ2v) is 14.2. The van der Waals surface area contributed by atoms with Crippen LogP contribution in [0, 0.1) is 0 Å². The van der Waals surface area contributed by atoms with E-state index in [9.17, 15) is 0 Å². The van der Waals surface area contributed by atoms with E-state index in [2.05, 4.69) is 136 Å². The Bertz CT molecular complexity index is 1630. The minimum Gasteiger partial charge on any atom is -0.493 e. The minimum absolute atomic E-state index is 0.640. The Morgan fingerprint density at radius 1 is 0.520 bits per heavy atom. The van der Waals surface area contributed by atoms with E-state index in [1.807, 2.05) is 0 Å². The topological polar surface area (TPSA) is 46.6 Å². The van der Waals surface area contributed by atoms with Crippen molar-refractivity contribution in [3.05, 3.63) is 101 Å². The van der Waals surface area contributed by atoms with Crippen LogP contribution in [0.25, 0.3) is 11.1 Å². The summed E-state index contributed by atoms with van der Waals surface area (Å²) >= 11 is 0. The van der Waals surface area contributed by atoms with E-state index < -0.39 is 0 Å². The molecule has 7 heteroatoms. The van der Waals surface area contributed by atoms with Crippen molar-refractivity contribution >= 4 is 0 Å². The standard InChI is InChI=1S/C43H57N3O4/c1-44(2)25-8-28-47-39-24-19-35-14-13-34-18-23-38(41(31-34)49-30-10-27-46(5)6)43-36(11-7-12-40(43)48-29-9-26-45(3)4)20-15-33-16-21-37(22-17-33)50-42(39)32-35/h7,11-12,16-19,21-24,31-32H,8-10,13-15,20,25-30H2,1-6H3. The molecule has 4 aliphatic heterocycles. The molecule has 0 aliphatic carbocycles. The van der Waals surface area contributed by atoms with Crippen LogP contribution in [0.3, 0.4) is 0 Å². The molecule has 4 aliphatic rings. The molecule has 0 saturated heterocycles. The van der Waals surface area contributed by atoms with Gasteiger partial charge in [0.05, 0.1) is 19.8 Å². The molecule has 0 saturated carbocycles. The lowest BCUT2D eigenvalue weighted by Gasteiger charge is -2.21. The molecule has 7 nitrogen and oxygen atoms in total. The maximum absolute atomic E-state index is 6.64. The van der Waals surface area contributed by atoms with E-state index in [0.717, 1.165) is 104 Å². The zero-order valence-electron chi connectivity index (χ0n) is 31.2. The van der Waals surface area contributed by atoms with Gasteiger partial charge in [0, 0.05) is 30.8 Å². The van der Waals surface area contributed by atoms with Crippen LogP contribution in [-0.2, 0) is 25.7 Å². The Labute approximate surface area is 300 Å². The highest BCUT2D eigenvalue weighted by Crippen LogP contribution is 2.41. The van der Waals surface area contributed by atoms with Gasteiger partial charge < -0.3 is 33.6 Å². The van der Waals surface area contributed by atoms with Crippen LogP contribution in [0.1, 0.15) is 41.5 Å². The Morgan fingerprint density at radius 3 is 1.70 bits per heavy atom. The van der Waals surface area contributed by atoms with E-state index in [4.69, 9.17) is 18.9 Å². The van der Waals surface area contributed by atoms with E-state index in [1.54, 1.807) is 0 Å². The van der Waals surface area contributed by atoms with Crippen molar-refractivity contribution in [2.75, 3.05) is 81.7 Å². The minimum atomic E-state index is 0.640. The van der Waals surface area contributed by atoms with Crippen LogP contribution >= 0.6 is 0 Å². The quantitative estimate of drug-likeness (QED) is 0.118. The summed E-state index contributed by atoms with van der Waals surface area (Å²) in [6.45, 7) is 4.89.